The van der Waals surface area contributed by atoms with E-state index < -0.39 is 11.4 Å². The van der Waals surface area contributed by atoms with Gasteiger partial charge in [0, 0.05) is 22.9 Å². The van der Waals surface area contributed by atoms with E-state index in [-0.39, 0.29) is 45.9 Å². The number of rotatable bonds is 7. The van der Waals surface area contributed by atoms with E-state index in [0.717, 1.165) is 104 Å². The van der Waals surface area contributed by atoms with Gasteiger partial charge in [0.25, 0.3) is 0 Å². The highest BCUT2D eigenvalue weighted by Gasteiger charge is 2.71. The fraction of sp³-hybridized carbons (Fsp3) is 0.840. The number of ketones is 1. The third-order valence-corrected chi connectivity index (χ3v) is 43.3. The third kappa shape index (κ3) is 13.4. The van der Waals surface area contributed by atoms with Gasteiger partial charge < -0.3 is 20.1 Å². The highest BCUT2D eigenvalue weighted by Crippen LogP contribution is 2.79. The zero-order valence-electron chi connectivity index (χ0n) is 73.5. The van der Waals surface area contributed by atoms with Gasteiger partial charge in [-0.3, -0.25) is 9.59 Å². The Morgan fingerprint density at radius 1 is 0.395 bits per heavy atom. The fourth-order valence-corrected chi connectivity index (χ4v) is 38.7. The number of halogens is 2. The van der Waals surface area contributed by atoms with Crippen LogP contribution in [-0.2, 0) is 14.4 Å². The molecule has 5 spiro atoms. The minimum Gasteiger partial charge on any atom is -0.481 e. The number of hydrogen-bond acceptors (Lipinski definition) is 5. The maximum Gasteiger partial charge on any atom is 0.309 e. The van der Waals surface area contributed by atoms with Crippen molar-refractivity contribution in [3.63, 3.8) is 0 Å². The van der Waals surface area contributed by atoms with E-state index in [9.17, 15) is 29.7 Å². The van der Waals surface area contributed by atoms with Crippen molar-refractivity contribution in [2.24, 2.45) is 170 Å². The lowest BCUT2D eigenvalue weighted by Gasteiger charge is -2.65. The van der Waals surface area contributed by atoms with Gasteiger partial charge in [-0.2, -0.15) is 0 Å². The van der Waals surface area contributed by atoms with Gasteiger partial charge in [0.1, 0.15) is 6.29 Å². The maximum absolute atomic E-state index is 12.7. The summed E-state index contributed by atoms with van der Waals surface area (Å²) in [5, 5.41) is 30.9. The lowest BCUT2D eigenvalue weighted by atomic mass is 9.40. The Balaban J connectivity index is 0.000000117. The van der Waals surface area contributed by atoms with Gasteiger partial charge in [-0.25, -0.2) is 0 Å². The summed E-state index contributed by atoms with van der Waals surface area (Å²) in [5.41, 5.74) is 11.8. The monoisotopic (exact) mass is 1600 g/mol. The first-order valence-corrected chi connectivity index (χ1v) is 48.7. The molecule has 6 nitrogen and oxygen atoms in total. The zero-order chi connectivity index (χ0) is 81.1. The second-order valence-corrected chi connectivity index (χ2v) is 48.6. The number of carboxylic acid groups (broad SMARTS) is 1. The summed E-state index contributed by atoms with van der Waals surface area (Å²) >= 11 is 9.53. The van der Waals surface area contributed by atoms with E-state index >= 15 is 0 Å². The number of aliphatic carboxylic acids is 1. The van der Waals surface area contributed by atoms with Crippen LogP contribution in [0.15, 0.2) is 86.1 Å². The molecular formula is C106H164Cl2O6. The first-order valence-electron chi connectivity index (χ1n) is 47.6. The molecule has 20 aliphatic rings. The maximum atomic E-state index is 12.7. The van der Waals surface area contributed by atoms with E-state index in [2.05, 4.69) is 108 Å². The number of carboxylic acids is 1. The van der Waals surface area contributed by atoms with Crippen LogP contribution in [0, 0.1) is 170 Å². The van der Waals surface area contributed by atoms with Crippen molar-refractivity contribution in [1.82, 2.24) is 0 Å². The Morgan fingerprint density at radius 2 is 0.684 bits per heavy atom. The molecule has 31 atom stereocenters. The van der Waals surface area contributed by atoms with Gasteiger partial charge in [-0.05, 0) is 418 Å². The molecule has 20 fully saturated rings. The number of allylic oxidation sites excluding steroid dienone is 6. The molecule has 10 bridgehead atoms. The van der Waals surface area contributed by atoms with Crippen molar-refractivity contribution in [3.05, 3.63) is 86.1 Å². The molecule has 20 saturated carbocycles. The van der Waals surface area contributed by atoms with E-state index in [1.165, 1.54) is 268 Å². The Bertz CT molecular complexity index is 3730. The molecule has 0 aliphatic heterocycles. The third-order valence-electron chi connectivity index (χ3n) is 43.3. The van der Waals surface area contributed by atoms with Crippen molar-refractivity contribution in [2.45, 2.75) is 372 Å². The number of hydrogen-bond donors (Lipinski definition) is 3. The SMILES string of the molecule is C.C=C1C[C@@]23CCC4[C@@](C)(CCC[C@@]4(C)C(=O)O)C2CCC1C3.C=C1C[C@@]23CCC4[C@@](C)(CCC[C@@]4(C)C=O)C2CCC1C3.C=C1C[C@@]23CCC4[C@](C)(CO)CCC[C@@]4(C)C2CCC1C3.C=CC(=O)[C@]1(C)CCC[C@@]2(C)C3CCC4C[C@@]3(CCC21)CC4=C.C=CC(O)[C@]1(C)CCC[C@@]2(C)C3CCC4C[C@@]3(CCC12)CC4=C.ClCCl. The largest absolute Gasteiger partial charge is 0.481 e. The number of carbonyl (C=O) groups is 3. The number of aliphatic hydroxyl groups excluding tert-OH is 2. The van der Waals surface area contributed by atoms with Crippen molar-refractivity contribution in [1.29, 1.82) is 0 Å². The van der Waals surface area contributed by atoms with Gasteiger partial charge in [0.2, 0.25) is 0 Å². The minimum absolute atomic E-state index is 0. The van der Waals surface area contributed by atoms with Crippen molar-refractivity contribution < 1.29 is 29.7 Å². The normalized spacial score (nSPS) is 52.3. The molecule has 0 aromatic heterocycles. The first kappa shape index (κ1) is 87.8. The molecular weight excluding hydrogens is 1440 g/mol. The van der Waals surface area contributed by atoms with Crippen LogP contribution in [0.25, 0.3) is 0 Å². The molecule has 20 rings (SSSR count). The molecule has 114 heavy (non-hydrogen) atoms. The molecule has 8 heteroatoms. The topological polar surface area (TPSA) is 112 Å². The number of carbonyl (C=O) groups excluding carboxylic acids is 2. The number of aliphatic hydroxyl groups is 2. The molecule has 0 radical (unpaired) electrons. The number of alkyl halides is 2. The summed E-state index contributed by atoms with van der Waals surface area (Å²) in [5.74, 6) is 10.9. The second kappa shape index (κ2) is 31.1. The quantitative estimate of drug-likeness (QED) is 0.101. The fourth-order valence-electron chi connectivity index (χ4n) is 38.7. The molecule has 0 aromatic carbocycles. The number of aldehydes is 1. The summed E-state index contributed by atoms with van der Waals surface area (Å²) in [4.78, 5) is 36.6. The van der Waals surface area contributed by atoms with Crippen LogP contribution in [0.1, 0.15) is 366 Å². The molecule has 16 unspecified atom stereocenters. The Kier molecular flexibility index (Phi) is 23.9. The van der Waals surface area contributed by atoms with Gasteiger partial charge in [0.05, 0.1) is 16.9 Å². The smallest absolute Gasteiger partial charge is 0.309 e. The van der Waals surface area contributed by atoms with Crippen LogP contribution in [0.4, 0.5) is 0 Å². The van der Waals surface area contributed by atoms with Crippen LogP contribution in [0.3, 0.4) is 0 Å². The number of fused-ring (bicyclic) bond motifs is 15. The lowest BCUT2D eigenvalue weighted by Crippen LogP contribution is -2.58. The zero-order valence-corrected chi connectivity index (χ0v) is 75.0. The average molecular weight is 1610 g/mol. The Morgan fingerprint density at radius 3 is 1.03 bits per heavy atom. The highest BCUT2D eigenvalue weighted by atomic mass is 35.5. The van der Waals surface area contributed by atoms with E-state index in [0.29, 0.717) is 84.8 Å². The van der Waals surface area contributed by atoms with Crippen LogP contribution in [0.5, 0.6) is 0 Å². The molecule has 20 aliphatic carbocycles. The standard InChI is InChI=1S/C22H34O.C22H32O.C20H30O2.C20H32O.C20H30O.CH2Cl2.CH4/c2*1-5-19(23)21(4)11-6-10-20(3)17(21)9-12-22-13-15(2)16(14-22)7-8-18(20)22;1-13-11-20-10-7-15-18(2,16(20)6-5-14(13)12-20)8-4-9-19(15,3)17(21)22;2*1-14-11-20-10-7-16-18(2,13-21)8-4-9-19(16,3)17(20)6-5-15(14)12-20;2-1-3;/h5,16-19,23H,1-2,6-14H2,3-4H3;5,16-18H,1-2,6-14H2,3-4H3;14-16H,1,4-12H2,2-3H3,(H,21,22);15-17,21H,1,4-13H2,2-3H3;13,15-17H,1,4-12H2,2-3H3;1H2;1H4/t16?,17?,18?,19?,20-,21-,22-;16?,17?,18?,20-,21-,22-;14?,15?,16?,18-,19-,20-;2*15?,16?,17?,18-,19+,20+;;/m11100../s1. The summed E-state index contributed by atoms with van der Waals surface area (Å²) in [6.45, 7) is 54.1. The Hall–Kier alpha value is -2.51. The van der Waals surface area contributed by atoms with Gasteiger partial charge in [0.15, 0.2) is 5.78 Å². The van der Waals surface area contributed by atoms with Crippen molar-refractivity contribution in [2.75, 3.05) is 11.9 Å². The first-order chi connectivity index (χ1) is 53.3. The molecule has 638 valence electrons. The lowest BCUT2D eigenvalue weighted by molar-refractivity contribution is -0.181. The molecule has 0 amide bonds. The summed E-state index contributed by atoms with van der Waals surface area (Å²) in [6, 6.07) is 0. The van der Waals surface area contributed by atoms with Gasteiger partial charge >= 0.3 is 5.97 Å². The summed E-state index contributed by atoms with van der Waals surface area (Å²) < 4.78 is 0. The summed E-state index contributed by atoms with van der Waals surface area (Å²) in [6.07, 6.45) is 62.7. The van der Waals surface area contributed by atoms with Crippen LogP contribution >= 0.6 is 23.2 Å². The van der Waals surface area contributed by atoms with Gasteiger partial charge in [-0.15, -0.1) is 29.8 Å². The second-order valence-electron chi connectivity index (χ2n) is 47.8. The van der Waals surface area contributed by atoms with Gasteiger partial charge in [-0.1, -0.05) is 175 Å². The van der Waals surface area contributed by atoms with Crippen molar-refractivity contribution in [3.8, 4) is 0 Å². The van der Waals surface area contributed by atoms with Crippen molar-refractivity contribution >= 4 is 41.2 Å². The van der Waals surface area contributed by atoms with E-state index in [4.69, 9.17) is 23.2 Å². The molecule has 0 heterocycles. The van der Waals surface area contributed by atoms with E-state index in [1.54, 1.807) is 28.9 Å². The minimum atomic E-state index is -0.552. The average Bonchev–Trinajstić information content (AvgIpc) is 1.37. The Labute approximate surface area is 706 Å². The van der Waals surface area contributed by atoms with Crippen LogP contribution in [0.2, 0.25) is 0 Å². The molecule has 0 aromatic rings. The van der Waals surface area contributed by atoms with Crippen LogP contribution in [-0.4, -0.2) is 51.4 Å². The predicted octanol–water partition coefficient (Wildman–Crippen LogP) is 28.4. The summed E-state index contributed by atoms with van der Waals surface area (Å²) in [7, 11) is 0. The van der Waals surface area contributed by atoms with Crippen LogP contribution < -0.4 is 0 Å². The van der Waals surface area contributed by atoms with E-state index in [1.807, 2.05) is 6.92 Å². The molecule has 3 N–H and O–H groups in total. The predicted molar refractivity (Wildman–Crippen MR) is 475 cm³/mol. The molecule has 0 saturated heterocycles. The highest BCUT2D eigenvalue weighted by molar-refractivity contribution is 6.40.